The third-order valence-electron chi connectivity index (χ3n) is 1.59. The third-order valence-corrected chi connectivity index (χ3v) is 2.65. The second-order valence-corrected chi connectivity index (χ2v) is 3.77. The lowest BCUT2D eigenvalue weighted by atomic mass is 10.3. The summed E-state index contributed by atoms with van der Waals surface area (Å²) in [6.45, 7) is 4.97. The number of nitrogens with one attached hydrogen (secondary N) is 1. The topological polar surface area (TPSA) is 50.4 Å². The van der Waals surface area contributed by atoms with Crippen LogP contribution in [-0.4, -0.2) is 12.4 Å². The maximum absolute atomic E-state index is 5.38. The number of aryl methyl sites for hydroxylation is 1. The Morgan fingerprint density at radius 2 is 2.46 bits per heavy atom. The van der Waals surface area contributed by atoms with Crippen molar-refractivity contribution in [2.45, 2.75) is 20.3 Å². The maximum atomic E-state index is 5.38. The van der Waals surface area contributed by atoms with Gasteiger partial charge >= 0.3 is 0 Å². The summed E-state index contributed by atoms with van der Waals surface area (Å²) in [7, 11) is 0. The van der Waals surface area contributed by atoms with E-state index in [-0.39, 0.29) is 0 Å². The number of amidine groups is 1. The van der Waals surface area contributed by atoms with Crippen molar-refractivity contribution in [2.24, 2.45) is 10.8 Å². The highest BCUT2D eigenvalue weighted by Crippen LogP contribution is 2.13. The molecule has 1 rings (SSSR count). The smallest absolute Gasteiger partial charge is 0.152 e. The fraction of sp³-hybridized carbons (Fsp3) is 0.444. The van der Waals surface area contributed by atoms with Gasteiger partial charge in [-0.2, -0.15) is 0 Å². The SMILES string of the molecule is CCCN=C(NN)c1cc(C)cs1. The van der Waals surface area contributed by atoms with Gasteiger partial charge in [-0.3, -0.25) is 4.99 Å². The van der Waals surface area contributed by atoms with Crippen molar-refractivity contribution in [3.63, 3.8) is 0 Å². The van der Waals surface area contributed by atoms with Crippen molar-refractivity contribution in [3.05, 3.63) is 21.9 Å². The molecule has 0 aliphatic carbocycles. The van der Waals surface area contributed by atoms with E-state index < -0.39 is 0 Å². The van der Waals surface area contributed by atoms with E-state index >= 15 is 0 Å². The lowest BCUT2D eigenvalue weighted by Crippen LogP contribution is -2.30. The molecule has 0 aliphatic heterocycles. The predicted octanol–water partition coefficient (Wildman–Crippen LogP) is 1.68. The number of nitrogens with two attached hydrogens (primary N) is 1. The Hall–Kier alpha value is -0.870. The fourth-order valence-corrected chi connectivity index (χ4v) is 1.84. The maximum Gasteiger partial charge on any atom is 0.152 e. The Balaban J connectivity index is 2.77. The molecular weight excluding hydrogens is 182 g/mol. The molecule has 0 bridgehead atoms. The first-order chi connectivity index (χ1) is 6.27. The van der Waals surface area contributed by atoms with E-state index in [1.807, 2.05) is 0 Å². The van der Waals surface area contributed by atoms with Crippen LogP contribution in [0.2, 0.25) is 0 Å². The Labute approximate surface area is 82.7 Å². The van der Waals surface area contributed by atoms with Crippen molar-refractivity contribution in [2.75, 3.05) is 6.54 Å². The molecule has 1 aromatic rings. The molecule has 0 aromatic carbocycles. The minimum atomic E-state index is 0.792. The second kappa shape index (κ2) is 4.99. The number of rotatable bonds is 3. The summed E-state index contributed by atoms with van der Waals surface area (Å²) in [6, 6.07) is 2.08. The molecule has 0 unspecified atom stereocenters. The molecule has 0 amide bonds. The highest BCUT2D eigenvalue weighted by molar-refractivity contribution is 7.12. The number of hydrogen-bond donors (Lipinski definition) is 2. The first-order valence-electron chi connectivity index (χ1n) is 4.34. The van der Waals surface area contributed by atoms with E-state index in [0.29, 0.717) is 0 Å². The van der Waals surface area contributed by atoms with Crippen LogP contribution in [0.4, 0.5) is 0 Å². The largest absolute Gasteiger partial charge is 0.308 e. The number of nitrogens with zero attached hydrogens (tertiary/aromatic N) is 1. The lowest BCUT2D eigenvalue weighted by molar-refractivity contribution is 0.909. The van der Waals surface area contributed by atoms with Gasteiger partial charge < -0.3 is 5.43 Å². The second-order valence-electron chi connectivity index (χ2n) is 2.86. The molecule has 0 fully saturated rings. The van der Waals surface area contributed by atoms with Gasteiger partial charge in [0.1, 0.15) is 0 Å². The molecular formula is C9H15N3S. The normalized spacial score (nSPS) is 11.8. The van der Waals surface area contributed by atoms with Gasteiger partial charge in [0.15, 0.2) is 5.84 Å². The molecule has 4 heteroatoms. The van der Waals surface area contributed by atoms with Crippen LogP contribution >= 0.6 is 11.3 Å². The van der Waals surface area contributed by atoms with Gasteiger partial charge in [0.25, 0.3) is 0 Å². The first kappa shape index (κ1) is 10.2. The number of hydrazine groups is 1. The van der Waals surface area contributed by atoms with Gasteiger partial charge in [0.05, 0.1) is 4.88 Å². The molecule has 0 aliphatic rings. The van der Waals surface area contributed by atoms with Crippen molar-refractivity contribution >= 4 is 17.2 Å². The summed E-state index contributed by atoms with van der Waals surface area (Å²) in [5, 5.41) is 2.09. The Kier molecular flexibility index (Phi) is 3.92. The van der Waals surface area contributed by atoms with Crippen LogP contribution in [0.1, 0.15) is 23.8 Å². The Bertz CT molecular complexity index is 291. The lowest BCUT2D eigenvalue weighted by Gasteiger charge is -2.01. The number of aliphatic imine (C=N–C) groups is 1. The standard InChI is InChI=1S/C9H15N3S/c1-3-4-11-9(12-10)8-5-7(2)6-13-8/h5-6H,3-4,10H2,1-2H3,(H,11,12). The van der Waals surface area contributed by atoms with E-state index in [4.69, 9.17) is 5.84 Å². The average molecular weight is 197 g/mol. The zero-order valence-corrected chi connectivity index (χ0v) is 8.82. The van der Waals surface area contributed by atoms with Crippen LogP contribution in [0.3, 0.4) is 0 Å². The van der Waals surface area contributed by atoms with E-state index in [1.165, 1.54) is 5.56 Å². The third kappa shape index (κ3) is 2.82. The van der Waals surface area contributed by atoms with E-state index in [9.17, 15) is 0 Å². The molecule has 0 radical (unpaired) electrons. The van der Waals surface area contributed by atoms with Crippen LogP contribution in [0.5, 0.6) is 0 Å². The van der Waals surface area contributed by atoms with Crippen molar-refractivity contribution in [1.29, 1.82) is 0 Å². The summed E-state index contributed by atoms with van der Waals surface area (Å²) in [4.78, 5) is 5.44. The first-order valence-corrected chi connectivity index (χ1v) is 5.22. The highest BCUT2D eigenvalue weighted by atomic mass is 32.1. The van der Waals surface area contributed by atoms with Gasteiger partial charge in [0.2, 0.25) is 0 Å². The summed E-state index contributed by atoms with van der Waals surface area (Å²) in [5.74, 6) is 6.17. The van der Waals surface area contributed by atoms with E-state index in [0.717, 1.165) is 23.7 Å². The van der Waals surface area contributed by atoms with Crippen LogP contribution in [0.25, 0.3) is 0 Å². The number of hydrogen-bond acceptors (Lipinski definition) is 3. The van der Waals surface area contributed by atoms with Gasteiger partial charge in [-0.25, -0.2) is 5.84 Å². The molecule has 1 aromatic heterocycles. The van der Waals surface area contributed by atoms with Crippen molar-refractivity contribution < 1.29 is 0 Å². The Morgan fingerprint density at radius 3 is 2.92 bits per heavy atom. The van der Waals surface area contributed by atoms with E-state index in [2.05, 4.69) is 35.7 Å². The quantitative estimate of drug-likeness (QED) is 0.335. The highest BCUT2D eigenvalue weighted by Gasteiger charge is 2.02. The van der Waals surface area contributed by atoms with E-state index in [1.54, 1.807) is 11.3 Å². The summed E-state index contributed by atoms with van der Waals surface area (Å²) >= 11 is 1.66. The summed E-state index contributed by atoms with van der Waals surface area (Å²) in [5.41, 5.74) is 3.88. The van der Waals surface area contributed by atoms with Crippen LogP contribution in [0, 0.1) is 6.92 Å². The molecule has 72 valence electrons. The van der Waals surface area contributed by atoms with Gasteiger partial charge in [-0.1, -0.05) is 6.92 Å². The van der Waals surface area contributed by atoms with Gasteiger partial charge in [-0.05, 0) is 30.4 Å². The van der Waals surface area contributed by atoms with Crippen molar-refractivity contribution in [3.8, 4) is 0 Å². The molecule has 1 heterocycles. The zero-order valence-electron chi connectivity index (χ0n) is 8.00. The minimum Gasteiger partial charge on any atom is -0.308 e. The summed E-state index contributed by atoms with van der Waals surface area (Å²) in [6.07, 6.45) is 1.04. The van der Waals surface area contributed by atoms with Crippen LogP contribution in [-0.2, 0) is 0 Å². The molecule has 0 atom stereocenters. The molecule has 0 spiro atoms. The average Bonchev–Trinajstić information content (AvgIpc) is 2.54. The predicted molar refractivity (Wildman–Crippen MR) is 58.1 cm³/mol. The van der Waals surface area contributed by atoms with Gasteiger partial charge in [0, 0.05) is 6.54 Å². The number of thiophene rings is 1. The van der Waals surface area contributed by atoms with Crippen LogP contribution in [0.15, 0.2) is 16.4 Å². The van der Waals surface area contributed by atoms with Gasteiger partial charge in [-0.15, -0.1) is 11.3 Å². The zero-order chi connectivity index (χ0) is 9.68. The van der Waals surface area contributed by atoms with Crippen molar-refractivity contribution in [1.82, 2.24) is 5.43 Å². The fourth-order valence-electron chi connectivity index (χ4n) is 0.974. The molecule has 13 heavy (non-hydrogen) atoms. The molecule has 0 saturated carbocycles. The molecule has 3 N–H and O–H groups in total. The van der Waals surface area contributed by atoms with Crippen LogP contribution < -0.4 is 11.3 Å². The summed E-state index contributed by atoms with van der Waals surface area (Å²) < 4.78 is 0. The monoisotopic (exact) mass is 197 g/mol. The minimum absolute atomic E-state index is 0.792. The molecule has 3 nitrogen and oxygen atoms in total. The molecule has 0 saturated heterocycles. The Morgan fingerprint density at radius 1 is 1.69 bits per heavy atom.